The zero-order chi connectivity index (χ0) is 19.7. The molecular weight excluding hydrogens is 362 g/mol. The quantitative estimate of drug-likeness (QED) is 0.695. The monoisotopic (exact) mass is 391 g/mol. The van der Waals surface area contributed by atoms with Crippen molar-refractivity contribution in [3.05, 3.63) is 35.9 Å². The average molecular weight is 391 g/mol. The molecule has 7 heteroatoms. The van der Waals surface area contributed by atoms with Gasteiger partial charge in [0, 0.05) is 6.61 Å². The summed E-state index contributed by atoms with van der Waals surface area (Å²) in [5, 5.41) is 0. The van der Waals surface area contributed by atoms with Gasteiger partial charge in [0.1, 0.15) is 24.9 Å². The van der Waals surface area contributed by atoms with E-state index in [0.717, 1.165) is 18.4 Å². The first-order valence-corrected chi connectivity index (χ1v) is 10.1. The van der Waals surface area contributed by atoms with Crippen LogP contribution in [0, 0.1) is 0 Å². The van der Waals surface area contributed by atoms with Crippen molar-refractivity contribution in [1.82, 2.24) is 4.90 Å². The fourth-order valence-electron chi connectivity index (χ4n) is 4.12. The summed E-state index contributed by atoms with van der Waals surface area (Å²) in [6, 6.07) is 9.37. The number of likely N-dealkylation sites (tertiary alicyclic amines) is 1. The number of ether oxygens (including phenoxy) is 5. The summed E-state index contributed by atoms with van der Waals surface area (Å²) in [6.07, 6.45) is 0.332. The van der Waals surface area contributed by atoms with E-state index in [4.69, 9.17) is 23.7 Å². The zero-order valence-corrected chi connectivity index (χ0v) is 16.7. The molecule has 1 amide bonds. The number of amides is 1. The van der Waals surface area contributed by atoms with Gasteiger partial charge in [-0.15, -0.1) is 0 Å². The Labute approximate surface area is 165 Å². The van der Waals surface area contributed by atoms with Crippen molar-refractivity contribution in [2.45, 2.75) is 76.7 Å². The molecule has 5 atom stereocenters. The highest BCUT2D eigenvalue weighted by Gasteiger charge is 2.63. The second kappa shape index (κ2) is 7.99. The number of hydrogen-bond donors (Lipinski definition) is 0. The maximum Gasteiger partial charge on any atom is 0.410 e. The Morgan fingerprint density at radius 1 is 1.21 bits per heavy atom. The third-order valence-electron chi connectivity index (χ3n) is 5.42. The van der Waals surface area contributed by atoms with E-state index in [9.17, 15) is 4.79 Å². The molecular formula is C21H29NO6. The Morgan fingerprint density at radius 3 is 2.75 bits per heavy atom. The van der Waals surface area contributed by atoms with E-state index in [1.165, 1.54) is 0 Å². The second-order valence-electron chi connectivity index (χ2n) is 8.02. The maximum atomic E-state index is 12.9. The molecule has 0 spiro atoms. The SMILES string of the molecule is CCCCO[C@@H]1CN(C(=O)OCc2ccccc2)[C@H]2C1O[C@@H]1OC(C)(C)O[C@@H]12. The minimum absolute atomic E-state index is 0.207. The molecule has 0 radical (unpaired) electrons. The summed E-state index contributed by atoms with van der Waals surface area (Å²) in [5.41, 5.74) is 0.949. The lowest BCUT2D eigenvalue weighted by Crippen LogP contribution is -2.46. The molecule has 3 aliphatic rings. The molecule has 4 rings (SSSR count). The van der Waals surface area contributed by atoms with Crippen LogP contribution in [0.3, 0.4) is 0 Å². The normalized spacial score (nSPS) is 33.0. The first-order valence-electron chi connectivity index (χ1n) is 10.1. The Balaban J connectivity index is 1.46. The van der Waals surface area contributed by atoms with Gasteiger partial charge in [0.05, 0.1) is 12.6 Å². The first kappa shape index (κ1) is 19.6. The number of benzene rings is 1. The summed E-state index contributed by atoms with van der Waals surface area (Å²) in [6.45, 7) is 7.13. The third kappa shape index (κ3) is 3.89. The van der Waals surface area contributed by atoms with Gasteiger partial charge in [-0.25, -0.2) is 4.79 Å². The van der Waals surface area contributed by atoms with Crippen LogP contribution in [0.4, 0.5) is 4.79 Å². The predicted molar refractivity (Wildman–Crippen MR) is 100 cm³/mol. The van der Waals surface area contributed by atoms with Gasteiger partial charge in [-0.05, 0) is 25.8 Å². The number of fused-ring (bicyclic) bond motifs is 3. The van der Waals surface area contributed by atoms with Crippen LogP contribution in [0.15, 0.2) is 30.3 Å². The van der Waals surface area contributed by atoms with Gasteiger partial charge < -0.3 is 23.7 Å². The molecule has 0 saturated carbocycles. The van der Waals surface area contributed by atoms with Crippen LogP contribution in [0.2, 0.25) is 0 Å². The van der Waals surface area contributed by atoms with Crippen LogP contribution in [-0.4, -0.2) is 60.6 Å². The van der Waals surface area contributed by atoms with Crippen molar-refractivity contribution in [3.8, 4) is 0 Å². The van der Waals surface area contributed by atoms with Crippen molar-refractivity contribution in [3.63, 3.8) is 0 Å². The molecule has 7 nitrogen and oxygen atoms in total. The Kier molecular flexibility index (Phi) is 5.60. The van der Waals surface area contributed by atoms with E-state index in [1.807, 2.05) is 44.2 Å². The van der Waals surface area contributed by atoms with Crippen LogP contribution in [0.5, 0.6) is 0 Å². The van der Waals surface area contributed by atoms with E-state index in [0.29, 0.717) is 13.2 Å². The Morgan fingerprint density at radius 2 is 2.00 bits per heavy atom. The number of hydrogen-bond acceptors (Lipinski definition) is 6. The van der Waals surface area contributed by atoms with Gasteiger partial charge in [-0.2, -0.15) is 0 Å². The summed E-state index contributed by atoms with van der Waals surface area (Å²) < 4.78 is 29.6. The topological polar surface area (TPSA) is 66.5 Å². The van der Waals surface area contributed by atoms with Crippen LogP contribution < -0.4 is 0 Å². The fourth-order valence-corrected chi connectivity index (χ4v) is 4.12. The van der Waals surface area contributed by atoms with Crippen molar-refractivity contribution in [2.24, 2.45) is 0 Å². The Bertz CT molecular complexity index is 681. The highest BCUT2D eigenvalue weighted by molar-refractivity contribution is 5.69. The molecule has 3 fully saturated rings. The molecule has 3 saturated heterocycles. The van der Waals surface area contributed by atoms with Crippen molar-refractivity contribution in [2.75, 3.05) is 13.2 Å². The molecule has 3 aliphatic heterocycles. The molecule has 1 unspecified atom stereocenters. The Hall–Kier alpha value is -1.67. The molecule has 1 aromatic rings. The average Bonchev–Trinajstić information content (AvgIpc) is 3.28. The number of unbranched alkanes of at least 4 members (excludes halogenated alkanes) is 1. The van der Waals surface area contributed by atoms with Crippen LogP contribution in [0.25, 0.3) is 0 Å². The number of nitrogens with zero attached hydrogens (tertiary/aromatic N) is 1. The van der Waals surface area contributed by atoms with Gasteiger partial charge in [-0.3, -0.25) is 4.90 Å². The smallest absolute Gasteiger partial charge is 0.410 e. The van der Waals surface area contributed by atoms with E-state index in [1.54, 1.807) is 4.90 Å². The van der Waals surface area contributed by atoms with Crippen LogP contribution in [0.1, 0.15) is 39.2 Å². The molecule has 0 bridgehead atoms. The number of carbonyl (C=O) groups excluding carboxylic acids is 1. The van der Waals surface area contributed by atoms with Crippen molar-refractivity contribution in [1.29, 1.82) is 0 Å². The lowest BCUT2D eigenvalue weighted by molar-refractivity contribution is -0.214. The summed E-state index contributed by atoms with van der Waals surface area (Å²) in [7, 11) is 0. The number of rotatable bonds is 6. The van der Waals surface area contributed by atoms with Crippen molar-refractivity contribution >= 4 is 6.09 Å². The molecule has 3 heterocycles. The third-order valence-corrected chi connectivity index (χ3v) is 5.42. The molecule has 0 aromatic heterocycles. The summed E-state index contributed by atoms with van der Waals surface area (Å²) in [4.78, 5) is 14.6. The van der Waals surface area contributed by atoms with Crippen LogP contribution in [-0.2, 0) is 30.3 Å². The highest BCUT2D eigenvalue weighted by Crippen LogP contribution is 2.44. The molecule has 28 heavy (non-hydrogen) atoms. The van der Waals surface area contributed by atoms with Gasteiger partial charge in [-0.1, -0.05) is 43.7 Å². The highest BCUT2D eigenvalue weighted by atomic mass is 16.8. The molecule has 154 valence electrons. The van der Waals surface area contributed by atoms with Gasteiger partial charge in [0.2, 0.25) is 0 Å². The lowest BCUT2D eigenvalue weighted by Gasteiger charge is -2.27. The summed E-state index contributed by atoms with van der Waals surface area (Å²) >= 11 is 0. The minimum atomic E-state index is -0.735. The predicted octanol–water partition coefficient (Wildman–Crippen LogP) is 3.07. The second-order valence-corrected chi connectivity index (χ2v) is 8.02. The van der Waals surface area contributed by atoms with Crippen LogP contribution >= 0.6 is 0 Å². The van der Waals surface area contributed by atoms with E-state index in [2.05, 4.69) is 6.92 Å². The minimum Gasteiger partial charge on any atom is -0.445 e. The molecule has 0 N–H and O–H groups in total. The fraction of sp³-hybridized carbons (Fsp3) is 0.667. The summed E-state index contributed by atoms with van der Waals surface area (Å²) in [5.74, 6) is -0.735. The number of carbonyl (C=O) groups is 1. The van der Waals surface area contributed by atoms with Crippen molar-refractivity contribution < 1.29 is 28.5 Å². The van der Waals surface area contributed by atoms with E-state index < -0.39 is 12.1 Å². The largest absolute Gasteiger partial charge is 0.445 e. The van der Waals surface area contributed by atoms with Gasteiger partial charge >= 0.3 is 6.09 Å². The molecule has 1 aromatic carbocycles. The van der Waals surface area contributed by atoms with Gasteiger partial charge in [0.25, 0.3) is 0 Å². The van der Waals surface area contributed by atoms with E-state index in [-0.39, 0.29) is 37.1 Å². The first-order chi connectivity index (χ1) is 13.5. The standard InChI is InChI=1S/C21H29NO6/c1-4-5-11-24-15-12-22(20(23)25-13-14-9-7-6-8-10-14)16-17(15)26-19-18(16)27-21(2,3)28-19/h6-10,15-19H,4-5,11-13H2,1-3H3/t15-,16+,17?,18-,19-/m1/s1. The van der Waals surface area contributed by atoms with Gasteiger partial charge in [0.15, 0.2) is 12.1 Å². The molecule has 0 aliphatic carbocycles. The zero-order valence-electron chi connectivity index (χ0n) is 16.7. The lowest BCUT2D eigenvalue weighted by atomic mass is 10.1. The van der Waals surface area contributed by atoms with E-state index >= 15 is 0 Å². The maximum absolute atomic E-state index is 12.9.